The van der Waals surface area contributed by atoms with Crippen LogP contribution in [0.15, 0.2) is 64.5 Å². The first-order valence-electron chi connectivity index (χ1n) is 11.1. The topological polar surface area (TPSA) is 64.0 Å². The van der Waals surface area contributed by atoms with Crippen LogP contribution >= 0.6 is 23.1 Å². The third-order valence-electron chi connectivity index (χ3n) is 5.93. The van der Waals surface area contributed by atoms with E-state index >= 15 is 0 Å². The van der Waals surface area contributed by atoms with Crippen molar-refractivity contribution in [2.24, 2.45) is 0 Å². The molecule has 1 atom stereocenters. The Hall–Kier alpha value is -2.90. The third kappa shape index (κ3) is 4.35. The van der Waals surface area contributed by atoms with E-state index < -0.39 is 5.25 Å². The molecule has 33 heavy (non-hydrogen) atoms. The van der Waals surface area contributed by atoms with Crippen LogP contribution in [0.25, 0.3) is 15.9 Å². The highest BCUT2D eigenvalue weighted by atomic mass is 32.2. The fraction of sp³-hybridized carbons (Fsp3) is 0.269. The average molecular weight is 476 g/mol. The number of aryl methyl sites for hydroxylation is 3. The fourth-order valence-electron chi connectivity index (χ4n) is 4.24. The minimum Gasteiger partial charge on any atom is -0.351 e. The van der Waals surface area contributed by atoms with Gasteiger partial charge in [0.25, 0.3) is 5.56 Å². The van der Waals surface area contributed by atoms with E-state index in [1.165, 1.54) is 22.2 Å². The summed E-state index contributed by atoms with van der Waals surface area (Å²) in [6.45, 7) is 4.34. The Balaban J connectivity index is 1.51. The van der Waals surface area contributed by atoms with Crippen molar-refractivity contribution < 1.29 is 4.79 Å². The highest BCUT2D eigenvalue weighted by Crippen LogP contribution is 2.36. The Kier molecular flexibility index (Phi) is 6.08. The number of benzene rings is 2. The maximum atomic E-state index is 13.8. The smallest absolute Gasteiger partial charge is 0.267 e. The summed E-state index contributed by atoms with van der Waals surface area (Å²) in [5.74, 6) is -0.0809. The maximum absolute atomic E-state index is 13.8. The number of nitrogens with zero attached hydrogens (tertiary/aromatic N) is 2. The third-order valence-corrected chi connectivity index (χ3v) is 8.17. The van der Waals surface area contributed by atoms with E-state index in [4.69, 9.17) is 4.98 Å². The first kappa shape index (κ1) is 21.9. The van der Waals surface area contributed by atoms with Gasteiger partial charge in [0.05, 0.1) is 16.3 Å². The van der Waals surface area contributed by atoms with E-state index in [0.29, 0.717) is 11.7 Å². The van der Waals surface area contributed by atoms with Gasteiger partial charge in [-0.2, -0.15) is 0 Å². The number of hydrogen-bond acceptors (Lipinski definition) is 5. The van der Waals surface area contributed by atoms with E-state index in [1.54, 1.807) is 15.9 Å². The fourth-order valence-corrected chi connectivity index (χ4v) is 6.49. The van der Waals surface area contributed by atoms with E-state index in [0.717, 1.165) is 46.3 Å². The lowest BCUT2D eigenvalue weighted by molar-refractivity contribution is -0.120. The van der Waals surface area contributed by atoms with Crippen LogP contribution < -0.4 is 10.9 Å². The van der Waals surface area contributed by atoms with E-state index in [-0.39, 0.29) is 11.5 Å². The molecular weight excluding hydrogens is 450 g/mol. The Bertz CT molecular complexity index is 1390. The standard InChI is InChI=1S/C26H25N3O2S2/c1-16-8-6-11-19(14-16)29-25(31)22-20-12-7-13-21(20)33-24(22)28-26(29)32-17(2)23(30)27-15-18-9-4-3-5-10-18/h3-6,8-11,14,17H,7,12-13,15H2,1-2H3,(H,27,30). The summed E-state index contributed by atoms with van der Waals surface area (Å²) in [6, 6.07) is 17.7. The molecule has 1 aliphatic carbocycles. The normalized spacial score (nSPS) is 13.8. The average Bonchev–Trinajstić information content (AvgIpc) is 3.39. The molecule has 5 nitrogen and oxygen atoms in total. The monoisotopic (exact) mass is 475 g/mol. The van der Waals surface area contributed by atoms with Crippen LogP contribution in [0.5, 0.6) is 0 Å². The van der Waals surface area contributed by atoms with Crippen molar-refractivity contribution in [3.05, 3.63) is 86.5 Å². The van der Waals surface area contributed by atoms with Crippen LogP contribution in [-0.4, -0.2) is 20.7 Å². The second-order valence-corrected chi connectivity index (χ2v) is 10.8. The molecule has 2 aromatic carbocycles. The first-order valence-corrected chi connectivity index (χ1v) is 12.8. The summed E-state index contributed by atoms with van der Waals surface area (Å²) >= 11 is 2.96. The van der Waals surface area contributed by atoms with Crippen molar-refractivity contribution >= 4 is 39.2 Å². The molecule has 0 bridgehead atoms. The van der Waals surface area contributed by atoms with Gasteiger partial charge >= 0.3 is 0 Å². The predicted octanol–water partition coefficient (Wildman–Crippen LogP) is 5.04. The number of amides is 1. The van der Waals surface area contributed by atoms with Crippen LogP contribution in [0.3, 0.4) is 0 Å². The number of fused-ring (bicyclic) bond motifs is 3. The Labute approximate surface area is 200 Å². The molecule has 0 saturated heterocycles. The first-order chi connectivity index (χ1) is 16.0. The van der Waals surface area contributed by atoms with Crippen molar-refractivity contribution in [3.63, 3.8) is 0 Å². The molecule has 2 heterocycles. The summed E-state index contributed by atoms with van der Waals surface area (Å²) in [5.41, 5.74) is 4.03. The molecule has 0 aliphatic heterocycles. The van der Waals surface area contributed by atoms with Crippen molar-refractivity contribution in [2.75, 3.05) is 0 Å². The molecule has 0 saturated carbocycles. The summed E-state index contributed by atoms with van der Waals surface area (Å²) < 4.78 is 1.69. The Morgan fingerprint density at radius 3 is 2.79 bits per heavy atom. The lowest BCUT2D eigenvalue weighted by atomic mass is 10.2. The summed E-state index contributed by atoms with van der Waals surface area (Å²) in [6.07, 6.45) is 3.04. The highest BCUT2D eigenvalue weighted by molar-refractivity contribution is 8.00. The molecular formula is C26H25N3O2S2. The molecule has 4 aromatic rings. The molecule has 1 unspecified atom stereocenters. The van der Waals surface area contributed by atoms with E-state index in [9.17, 15) is 9.59 Å². The summed E-state index contributed by atoms with van der Waals surface area (Å²) in [5, 5.41) is 3.90. The number of hydrogen-bond donors (Lipinski definition) is 1. The van der Waals surface area contributed by atoms with Gasteiger partial charge in [0.2, 0.25) is 5.91 Å². The molecule has 7 heteroatoms. The molecule has 5 rings (SSSR count). The van der Waals surface area contributed by atoms with Crippen LogP contribution in [0.2, 0.25) is 0 Å². The lowest BCUT2D eigenvalue weighted by Gasteiger charge is -2.16. The number of rotatable bonds is 6. The number of aromatic nitrogens is 2. The van der Waals surface area contributed by atoms with Gasteiger partial charge in [-0.3, -0.25) is 14.2 Å². The van der Waals surface area contributed by atoms with Gasteiger partial charge in [-0.25, -0.2) is 4.98 Å². The maximum Gasteiger partial charge on any atom is 0.267 e. The minimum atomic E-state index is -0.402. The number of thiophene rings is 1. The van der Waals surface area contributed by atoms with Crippen LogP contribution in [0.1, 0.15) is 34.9 Å². The second-order valence-electron chi connectivity index (χ2n) is 8.37. The SMILES string of the molecule is Cc1cccc(-n2c(SC(C)C(=O)NCc3ccccc3)nc3sc4c(c3c2=O)CCC4)c1. The highest BCUT2D eigenvalue weighted by Gasteiger charge is 2.25. The van der Waals surface area contributed by atoms with Gasteiger partial charge in [-0.1, -0.05) is 54.2 Å². The van der Waals surface area contributed by atoms with Gasteiger partial charge in [-0.15, -0.1) is 11.3 Å². The lowest BCUT2D eigenvalue weighted by Crippen LogP contribution is -2.31. The molecule has 1 amide bonds. The molecule has 1 aliphatic rings. The quantitative estimate of drug-likeness (QED) is 0.313. The van der Waals surface area contributed by atoms with Crippen molar-refractivity contribution in [3.8, 4) is 5.69 Å². The predicted molar refractivity (Wildman–Crippen MR) is 136 cm³/mol. The van der Waals surface area contributed by atoms with Gasteiger partial charge in [0, 0.05) is 11.4 Å². The van der Waals surface area contributed by atoms with E-state index in [2.05, 4.69) is 5.32 Å². The van der Waals surface area contributed by atoms with Crippen LogP contribution in [0, 0.1) is 6.92 Å². The van der Waals surface area contributed by atoms with Crippen molar-refractivity contribution in [2.45, 2.75) is 50.1 Å². The van der Waals surface area contributed by atoms with Gasteiger partial charge in [-0.05, 0) is 61.9 Å². The Morgan fingerprint density at radius 2 is 2.00 bits per heavy atom. The summed E-state index contributed by atoms with van der Waals surface area (Å²) in [7, 11) is 0. The van der Waals surface area contributed by atoms with Gasteiger partial charge in [0.1, 0.15) is 4.83 Å². The number of carbonyl (C=O) groups is 1. The van der Waals surface area contributed by atoms with Crippen molar-refractivity contribution in [1.29, 1.82) is 0 Å². The number of thioether (sulfide) groups is 1. The second kappa shape index (κ2) is 9.15. The molecule has 0 radical (unpaired) electrons. The molecule has 168 valence electrons. The van der Waals surface area contributed by atoms with Crippen molar-refractivity contribution in [1.82, 2.24) is 14.9 Å². The number of carbonyl (C=O) groups excluding carboxylic acids is 1. The van der Waals surface area contributed by atoms with Gasteiger partial charge in [0.15, 0.2) is 5.16 Å². The molecule has 0 spiro atoms. The molecule has 2 aromatic heterocycles. The summed E-state index contributed by atoms with van der Waals surface area (Å²) in [4.78, 5) is 33.6. The Morgan fingerprint density at radius 1 is 1.18 bits per heavy atom. The van der Waals surface area contributed by atoms with Crippen LogP contribution in [0.4, 0.5) is 0 Å². The van der Waals surface area contributed by atoms with Gasteiger partial charge < -0.3 is 5.32 Å². The van der Waals surface area contributed by atoms with Crippen LogP contribution in [-0.2, 0) is 24.2 Å². The molecule has 1 N–H and O–H groups in total. The molecule has 0 fully saturated rings. The minimum absolute atomic E-state index is 0.0376. The zero-order chi connectivity index (χ0) is 22.9. The number of nitrogens with one attached hydrogen (secondary N) is 1. The zero-order valence-corrected chi connectivity index (χ0v) is 20.3. The largest absolute Gasteiger partial charge is 0.351 e. The zero-order valence-electron chi connectivity index (χ0n) is 18.6. The van der Waals surface area contributed by atoms with E-state index in [1.807, 2.05) is 68.4 Å².